The summed E-state index contributed by atoms with van der Waals surface area (Å²) >= 11 is 9.38. The smallest absolute Gasteiger partial charge is 0.302 e. The Morgan fingerprint density at radius 1 is 1.18 bits per heavy atom. The molecule has 0 radical (unpaired) electrons. The highest BCUT2D eigenvalue weighted by molar-refractivity contribution is 8.00. The lowest BCUT2D eigenvalue weighted by atomic mass is 10.1. The fourth-order valence-corrected chi connectivity index (χ4v) is 6.41. The van der Waals surface area contributed by atoms with Gasteiger partial charge in [-0.2, -0.15) is 5.43 Å². The van der Waals surface area contributed by atoms with Crippen LogP contribution >= 0.6 is 34.7 Å². The summed E-state index contributed by atoms with van der Waals surface area (Å²) < 4.78 is 0. The summed E-state index contributed by atoms with van der Waals surface area (Å²) in [4.78, 5) is 31.2. The van der Waals surface area contributed by atoms with Crippen LogP contribution in [0.5, 0.6) is 0 Å². The predicted octanol–water partition coefficient (Wildman–Crippen LogP) is 3.34. The highest BCUT2D eigenvalue weighted by Gasteiger charge is 2.55. The van der Waals surface area contributed by atoms with Crippen molar-refractivity contribution < 1.29 is 9.59 Å². The van der Waals surface area contributed by atoms with Gasteiger partial charge in [0.25, 0.3) is 0 Å². The van der Waals surface area contributed by atoms with Crippen LogP contribution in [0.25, 0.3) is 0 Å². The number of halogens is 1. The largest absolute Gasteiger partial charge is 0.337 e. The molecule has 1 aromatic carbocycles. The Hall–Kier alpha value is -1.74. The quantitative estimate of drug-likeness (QED) is 0.801. The predicted molar refractivity (Wildman–Crippen MR) is 111 cm³/mol. The first-order valence-corrected chi connectivity index (χ1v) is 11.5. The Bertz CT molecular complexity index is 909. The highest BCUT2D eigenvalue weighted by atomic mass is 35.5. The molecule has 4 heterocycles. The number of amides is 3. The van der Waals surface area contributed by atoms with E-state index in [4.69, 9.17) is 11.6 Å². The molecule has 5 rings (SSSR count). The van der Waals surface area contributed by atoms with E-state index < -0.39 is 6.29 Å². The van der Waals surface area contributed by atoms with Crippen molar-refractivity contribution in [2.45, 2.75) is 37.1 Å². The van der Waals surface area contributed by atoms with Crippen LogP contribution in [0.1, 0.15) is 16.9 Å². The van der Waals surface area contributed by atoms with Crippen LogP contribution in [0.3, 0.4) is 0 Å². The number of fused-ring (bicyclic) bond motifs is 3. The molecule has 3 atom stereocenters. The van der Waals surface area contributed by atoms with E-state index >= 15 is 0 Å². The third-order valence-corrected chi connectivity index (χ3v) is 7.80. The molecular formula is C19H19ClN4O2S2. The summed E-state index contributed by atoms with van der Waals surface area (Å²) in [5, 5.41) is 4.08. The standard InChI is InChI=1S/C19H19ClN4O2S2/c20-13-4-1-3-12(9-13)10-23-19(26)24-15-6-8-28-16(15)17(25)22(18(24)21-23)11-14-5-2-7-27-14/h1-5,7,9,15-16,18,21H,6,8,10-11H2. The zero-order valence-electron chi connectivity index (χ0n) is 15.0. The minimum absolute atomic E-state index is 0.0496. The number of thiophene rings is 1. The lowest BCUT2D eigenvalue weighted by Crippen LogP contribution is -2.65. The fourth-order valence-electron chi connectivity index (χ4n) is 4.09. The number of hydrazine groups is 1. The molecule has 3 aliphatic rings. The molecule has 3 amide bonds. The number of rotatable bonds is 4. The normalized spacial score (nSPS) is 26.8. The van der Waals surface area contributed by atoms with Gasteiger partial charge in [0.15, 0.2) is 6.29 Å². The lowest BCUT2D eigenvalue weighted by molar-refractivity contribution is -0.145. The third-order valence-electron chi connectivity index (χ3n) is 5.36. The van der Waals surface area contributed by atoms with Crippen molar-refractivity contribution in [3.05, 3.63) is 57.2 Å². The van der Waals surface area contributed by atoms with Crippen molar-refractivity contribution in [2.75, 3.05) is 5.75 Å². The molecule has 0 saturated carbocycles. The molecule has 1 N–H and O–H groups in total. The van der Waals surface area contributed by atoms with E-state index in [1.807, 2.05) is 46.7 Å². The number of nitrogens with zero attached hydrogens (tertiary/aromatic N) is 3. The van der Waals surface area contributed by atoms with Crippen LogP contribution in [0.15, 0.2) is 41.8 Å². The van der Waals surface area contributed by atoms with Crippen LogP contribution in [0.4, 0.5) is 4.79 Å². The van der Waals surface area contributed by atoms with Gasteiger partial charge in [0.1, 0.15) is 5.25 Å². The summed E-state index contributed by atoms with van der Waals surface area (Å²) in [5.74, 6) is 1.02. The number of hydrogen-bond donors (Lipinski definition) is 1. The SMILES string of the molecule is O=C1C2SCCC2N2C(=O)N(Cc3cccc(Cl)c3)NC2N1Cc1cccs1. The summed E-state index contributed by atoms with van der Waals surface area (Å²) in [6.45, 7) is 0.907. The number of benzene rings is 1. The average molecular weight is 435 g/mol. The molecule has 3 aliphatic heterocycles. The summed E-state index contributed by atoms with van der Waals surface area (Å²) in [6.07, 6.45) is 0.407. The van der Waals surface area contributed by atoms with Gasteiger partial charge in [0, 0.05) is 9.90 Å². The van der Waals surface area contributed by atoms with Crippen molar-refractivity contribution in [2.24, 2.45) is 0 Å². The van der Waals surface area contributed by atoms with Gasteiger partial charge in [-0.25, -0.2) is 4.79 Å². The molecule has 146 valence electrons. The maximum absolute atomic E-state index is 13.2. The minimum atomic E-state index is -0.443. The summed E-state index contributed by atoms with van der Waals surface area (Å²) in [5.41, 5.74) is 4.23. The molecule has 6 nitrogen and oxygen atoms in total. The second kappa shape index (κ2) is 7.26. The Morgan fingerprint density at radius 2 is 2.07 bits per heavy atom. The van der Waals surface area contributed by atoms with E-state index in [2.05, 4.69) is 5.43 Å². The van der Waals surface area contributed by atoms with Gasteiger partial charge >= 0.3 is 6.03 Å². The Labute approximate surface area is 176 Å². The third kappa shape index (κ3) is 3.08. The van der Waals surface area contributed by atoms with E-state index in [0.29, 0.717) is 18.1 Å². The topological polar surface area (TPSA) is 55.9 Å². The van der Waals surface area contributed by atoms with Crippen molar-refractivity contribution in [1.29, 1.82) is 0 Å². The van der Waals surface area contributed by atoms with E-state index in [-0.39, 0.29) is 23.2 Å². The van der Waals surface area contributed by atoms with Gasteiger partial charge in [0.2, 0.25) is 5.91 Å². The molecule has 3 fully saturated rings. The first-order chi connectivity index (χ1) is 13.6. The number of nitrogens with one attached hydrogen (secondary N) is 1. The molecule has 28 heavy (non-hydrogen) atoms. The van der Waals surface area contributed by atoms with Crippen LogP contribution in [-0.2, 0) is 17.9 Å². The Balaban J connectivity index is 1.44. The molecule has 0 aliphatic carbocycles. The van der Waals surface area contributed by atoms with E-state index in [0.717, 1.165) is 22.6 Å². The number of carbonyl (C=O) groups is 2. The van der Waals surface area contributed by atoms with Gasteiger partial charge in [0.05, 0.1) is 19.1 Å². The minimum Gasteiger partial charge on any atom is -0.302 e. The van der Waals surface area contributed by atoms with Crippen LogP contribution in [0, 0.1) is 0 Å². The Kier molecular flexibility index (Phi) is 4.74. The molecule has 3 unspecified atom stereocenters. The maximum atomic E-state index is 13.2. The van der Waals surface area contributed by atoms with Crippen LogP contribution < -0.4 is 5.43 Å². The van der Waals surface area contributed by atoms with Crippen molar-refractivity contribution in [3.8, 4) is 0 Å². The zero-order chi connectivity index (χ0) is 19.3. The van der Waals surface area contributed by atoms with E-state index in [9.17, 15) is 9.59 Å². The number of urea groups is 1. The molecule has 2 aromatic rings. The molecule has 0 spiro atoms. The first-order valence-electron chi connectivity index (χ1n) is 9.17. The number of thioether (sulfide) groups is 1. The zero-order valence-corrected chi connectivity index (χ0v) is 17.3. The molecule has 9 heteroatoms. The van der Waals surface area contributed by atoms with Gasteiger partial charge in [-0.15, -0.1) is 23.1 Å². The first kappa shape index (κ1) is 18.3. The second-order valence-electron chi connectivity index (χ2n) is 7.10. The number of carbonyl (C=O) groups excluding carboxylic acids is 2. The summed E-state index contributed by atoms with van der Waals surface area (Å²) in [7, 11) is 0. The molecule has 0 bridgehead atoms. The summed E-state index contributed by atoms with van der Waals surface area (Å²) in [6, 6.07) is 11.4. The van der Waals surface area contributed by atoms with E-state index in [1.165, 1.54) is 0 Å². The maximum Gasteiger partial charge on any atom is 0.337 e. The monoisotopic (exact) mass is 434 g/mol. The van der Waals surface area contributed by atoms with Crippen molar-refractivity contribution in [1.82, 2.24) is 20.2 Å². The van der Waals surface area contributed by atoms with E-state index in [1.54, 1.807) is 33.0 Å². The van der Waals surface area contributed by atoms with Gasteiger partial charge in [-0.05, 0) is 41.3 Å². The average Bonchev–Trinajstić information content (AvgIpc) is 3.40. The lowest BCUT2D eigenvalue weighted by Gasteiger charge is -2.44. The van der Waals surface area contributed by atoms with Crippen LogP contribution in [-0.4, -0.2) is 50.1 Å². The molecule has 1 aromatic heterocycles. The van der Waals surface area contributed by atoms with Gasteiger partial charge in [-0.1, -0.05) is 29.8 Å². The Morgan fingerprint density at radius 3 is 2.86 bits per heavy atom. The molecular weight excluding hydrogens is 416 g/mol. The highest BCUT2D eigenvalue weighted by Crippen LogP contribution is 2.40. The number of hydrogen-bond acceptors (Lipinski definition) is 5. The van der Waals surface area contributed by atoms with Crippen molar-refractivity contribution in [3.63, 3.8) is 0 Å². The molecule has 3 saturated heterocycles. The fraction of sp³-hybridized carbons (Fsp3) is 0.368. The van der Waals surface area contributed by atoms with Crippen molar-refractivity contribution >= 4 is 46.6 Å². The second-order valence-corrected chi connectivity index (χ2v) is 9.82. The van der Waals surface area contributed by atoms with Crippen LogP contribution in [0.2, 0.25) is 5.02 Å². The van der Waals surface area contributed by atoms with Gasteiger partial charge < -0.3 is 4.90 Å². The van der Waals surface area contributed by atoms with Gasteiger partial charge in [-0.3, -0.25) is 14.7 Å².